The summed E-state index contributed by atoms with van der Waals surface area (Å²) in [4.78, 5) is 13.2. The van der Waals surface area contributed by atoms with E-state index in [0.29, 0.717) is 31.3 Å². The van der Waals surface area contributed by atoms with Crippen molar-refractivity contribution >= 4 is 19.4 Å². The van der Waals surface area contributed by atoms with Crippen LogP contribution in [0.3, 0.4) is 0 Å². The van der Waals surface area contributed by atoms with E-state index in [1.807, 2.05) is 44.2 Å². The van der Waals surface area contributed by atoms with Crippen molar-refractivity contribution in [1.82, 2.24) is 0 Å². The maximum atomic E-state index is 13.2. The fourth-order valence-electron chi connectivity index (χ4n) is 2.99. The molecule has 6 heteroatoms. The van der Waals surface area contributed by atoms with Crippen LogP contribution in [-0.2, 0) is 0 Å². The molecule has 0 amide bonds. The maximum Gasteiger partial charge on any atom is 1.00 e. The van der Waals surface area contributed by atoms with E-state index < -0.39 is 0 Å². The van der Waals surface area contributed by atoms with E-state index in [1.54, 1.807) is 0 Å². The van der Waals surface area contributed by atoms with Crippen LogP contribution in [0.25, 0.3) is 0 Å². The number of rotatable bonds is 12. The minimum Gasteiger partial charge on any atom is -0.493 e. The van der Waals surface area contributed by atoms with E-state index in [0.717, 1.165) is 47.0 Å². The quantitative estimate of drug-likeness (QED) is 0.389. The van der Waals surface area contributed by atoms with Crippen molar-refractivity contribution in [2.75, 3.05) is 19.8 Å². The second kappa shape index (κ2) is 13.8. The number of carbonyl (C=O) groups is 1. The summed E-state index contributed by atoms with van der Waals surface area (Å²) in [6.45, 7) is 12.0. The molecule has 0 aromatic heterocycles. The zero-order valence-corrected chi connectivity index (χ0v) is 20.3. The topological polar surface area (TPSA) is 44.8 Å². The second-order valence-electron chi connectivity index (χ2n) is 7.06. The van der Waals surface area contributed by atoms with Gasteiger partial charge in [0.15, 0.2) is 5.52 Å². The van der Waals surface area contributed by atoms with E-state index in [-0.39, 0.29) is 33.0 Å². The molecule has 0 aliphatic heterocycles. The molecule has 158 valence electrons. The first kappa shape index (κ1) is 26.6. The number of ether oxygens (including phenoxy) is 3. The smallest absolute Gasteiger partial charge is 0.493 e. The molecule has 0 spiro atoms. The Morgan fingerprint density at radius 2 is 1.30 bits per heavy atom. The largest absolute Gasteiger partial charge is 1.00 e. The molecule has 30 heavy (non-hydrogen) atoms. The maximum absolute atomic E-state index is 13.2. The van der Waals surface area contributed by atoms with Gasteiger partial charge in [-0.1, -0.05) is 39.0 Å². The molecule has 2 aromatic carbocycles. The summed E-state index contributed by atoms with van der Waals surface area (Å²) < 4.78 is 17.9. The van der Waals surface area contributed by atoms with E-state index >= 15 is 0 Å². The van der Waals surface area contributed by atoms with Crippen LogP contribution in [0.1, 0.15) is 61.5 Å². The van der Waals surface area contributed by atoms with Gasteiger partial charge in [0.1, 0.15) is 17.2 Å². The van der Waals surface area contributed by atoms with Crippen LogP contribution in [0, 0.1) is 13.8 Å². The number of benzene rings is 2. The molecule has 0 bridgehead atoms. The zero-order valence-electron chi connectivity index (χ0n) is 19.3. The van der Waals surface area contributed by atoms with Crippen molar-refractivity contribution < 1.29 is 37.9 Å². The van der Waals surface area contributed by atoms with Crippen molar-refractivity contribution in [1.29, 1.82) is 0 Å². The predicted octanol–water partition coefficient (Wildman–Crippen LogP) is 2.82. The van der Waals surface area contributed by atoms with E-state index in [2.05, 4.69) is 20.8 Å². The van der Waals surface area contributed by atoms with E-state index in [4.69, 9.17) is 14.2 Å². The second-order valence-corrected chi connectivity index (χ2v) is 8.26. The van der Waals surface area contributed by atoms with Gasteiger partial charge in [-0.3, -0.25) is 4.79 Å². The molecule has 0 aliphatic carbocycles. The van der Waals surface area contributed by atoms with Gasteiger partial charge in [0.25, 0.3) is 0 Å². The standard InChI is InChI=1S/C24H33O4P.Li/c1-6-12-26-19-15-20(27-13-7-2)23(21(16-19)28-14-8-3)29-24(25)22-17(4)10-9-11-18(22)5;/h9-11,15-16,29H,6-8,12-14H2,1-5H3;/q;+1. The van der Waals surface area contributed by atoms with Crippen LogP contribution in [0.15, 0.2) is 30.3 Å². The molecule has 0 radical (unpaired) electrons. The van der Waals surface area contributed by atoms with Crippen molar-refractivity contribution in [3.63, 3.8) is 0 Å². The monoisotopic (exact) mass is 423 g/mol. The van der Waals surface area contributed by atoms with Gasteiger partial charge < -0.3 is 14.2 Å². The van der Waals surface area contributed by atoms with Gasteiger partial charge in [-0.05, 0) is 52.8 Å². The predicted molar refractivity (Wildman–Crippen MR) is 122 cm³/mol. The first-order valence-electron chi connectivity index (χ1n) is 10.5. The Hall–Kier alpha value is -1.46. The Morgan fingerprint density at radius 3 is 1.77 bits per heavy atom. The third-order valence-electron chi connectivity index (χ3n) is 4.38. The molecule has 2 rings (SSSR count). The average Bonchev–Trinajstić information content (AvgIpc) is 2.70. The van der Waals surface area contributed by atoms with E-state index in [1.165, 1.54) is 0 Å². The molecule has 0 heterocycles. The van der Waals surface area contributed by atoms with Crippen LogP contribution in [0.5, 0.6) is 17.2 Å². The molecule has 2 aromatic rings. The normalized spacial score (nSPS) is 10.7. The summed E-state index contributed by atoms with van der Waals surface area (Å²) in [5.41, 5.74) is 2.89. The van der Waals surface area contributed by atoms with Crippen molar-refractivity contribution in [3.8, 4) is 17.2 Å². The molecule has 4 nitrogen and oxygen atoms in total. The molecule has 0 aliphatic rings. The average molecular weight is 423 g/mol. The van der Waals surface area contributed by atoms with Crippen molar-refractivity contribution in [2.45, 2.75) is 53.9 Å². The number of aryl methyl sites for hydroxylation is 2. The summed E-state index contributed by atoms with van der Waals surface area (Å²) in [5, 5.41) is 0.823. The molecule has 0 fully saturated rings. The summed E-state index contributed by atoms with van der Waals surface area (Å²) in [6, 6.07) is 9.73. The first-order valence-corrected chi connectivity index (χ1v) is 11.5. The zero-order chi connectivity index (χ0) is 21.2. The van der Waals surface area contributed by atoms with Crippen LogP contribution >= 0.6 is 8.58 Å². The molecule has 1 atom stereocenters. The van der Waals surface area contributed by atoms with Crippen LogP contribution < -0.4 is 38.4 Å². The van der Waals surface area contributed by atoms with Crippen LogP contribution in [0.4, 0.5) is 0 Å². The number of hydrogen-bond acceptors (Lipinski definition) is 4. The van der Waals surface area contributed by atoms with E-state index in [9.17, 15) is 4.79 Å². The van der Waals surface area contributed by atoms with Gasteiger partial charge in [-0.15, -0.1) is 0 Å². The number of hydrogen-bond donors (Lipinski definition) is 0. The number of carbonyl (C=O) groups excluding carboxylic acids is 1. The van der Waals surface area contributed by atoms with Crippen molar-refractivity contribution in [2.24, 2.45) is 0 Å². The van der Waals surface area contributed by atoms with Crippen LogP contribution in [-0.4, -0.2) is 25.3 Å². The molecular formula is C24H33LiO4P+. The van der Waals surface area contributed by atoms with Gasteiger partial charge in [0.05, 0.1) is 25.1 Å². The summed E-state index contributed by atoms with van der Waals surface area (Å²) >= 11 is 0. The summed E-state index contributed by atoms with van der Waals surface area (Å²) in [7, 11) is -0.0771. The fourth-order valence-corrected chi connectivity index (χ4v) is 4.27. The summed E-state index contributed by atoms with van der Waals surface area (Å²) in [6.07, 6.45) is 2.70. The minimum atomic E-state index is -0.0771. The van der Waals surface area contributed by atoms with Crippen LogP contribution in [0.2, 0.25) is 0 Å². The third kappa shape index (κ3) is 7.35. The van der Waals surface area contributed by atoms with Gasteiger partial charge in [-0.25, -0.2) is 0 Å². The fraction of sp³-hybridized carbons (Fsp3) is 0.458. The Labute approximate surface area is 195 Å². The minimum absolute atomic E-state index is 0. The SMILES string of the molecule is CCCOc1cc(OCCC)c(PC(=O)c2c(C)cccc2C)c(OCCC)c1.[Li+]. The molecule has 0 saturated heterocycles. The Balaban J connectivity index is 0.00000450. The van der Waals surface area contributed by atoms with Gasteiger partial charge in [0.2, 0.25) is 0 Å². The third-order valence-corrected chi connectivity index (χ3v) is 5.60. The van der Waals surface area contributed by atoms with Gasteiger partial charge in [0, 0.05) is 17.7 Å². The molecule has 1 unspecified atom stereocenters. The first-order chi connectivity index (χ1) is 14.0. The summed E-state index contributed by atoms with van der Waals surface area (Å²) in [5.74, 6) is 2.09. The Kier molecular flexibility index (Phi) is 12.2. The van der Waals surface area contributed by atoms with Gasteiger partial charge >= 0.3 is 18.9 Å². The molecule has 0 saturated carbocycles. The van der Waals surface area contributed by atoms with Gasteiger partial charge in [-0.2, -0.15) is 0 Å². The molecule has 0 N–H and O–H groups in total. The Bertz CT molecular complexity index is 774. The molecular weight excluding hydrogens is 390 g/mol. The van der Waals surface area contributed by atoms with Crippen molar-refractivity contribution in [3.05, 3.63) is 47.0 Å². The Morgan fingerprint density at radius 1 is 0.833 bits per heavy atom.